The molecule has 0 radical (unpaired) electrons. The van der Waals surface area contributed by atoms with Crippen LogP contribution in [-0.2, 0) is 4.74 Å². The van der Waals surface area contributed by atoms with Gasteiger partial charge in [-0.05, 0) is 35.3 Å². The largest absolute Gasteiger partial charge is 0.461 e. The first-order valence-corrected chi connectivity index (χ1v) is 6.77. The van der Waals surface area contributed by atoms with E-state index in [1.54, 1.807) is 11.6 Å². The van der Waals surface area contributed by atoms with Crippen LogP contribution in [-0.4, -0.2) is 27.6 Å². The molecule has 1 heterocycles. The summed E-state index contributed by atoms with van der Waals surface area (Å²) >= 11 is 3.23. The van der Waals surface area contributed by atoms with Gasteiger partial charge in [-0.25, -0.2) is 9.48 Å². The molecule has 0 saturated carbocycles. The zero-order valence-electron chi connectivity index (χ0n) is 10.7. The molecule has 1 aromatic carbocycles. The number of ether oxygens (including phenoxy) is 1. The number of esters is 1. The predicted octanol–water partition coefficient (Wildman–Crippen LogP) is 2.83. The fraction of sp³-hybridized carbons (Fsp3) is 0.308. The quantitative estimate of drug-likeness (QED) is 0.812. The second kappa shape index (κ2) is 5.97. The maximum atomic E-state index is 11.9. The number of carbonyl (C=O) groups is 1. The Hall–Kier alpha value is -1.69. The summed E-state index contributed by atoms with van der Waals surface area (Å²) in [6, 6.07) is 9.70. The number of hydrogen-bond donors (Lipinski definition) is 0. The molecule has 1 aromatic heterocycles. The van der Waals surface area contributed by atoms with Crippen molar-refractivity contribution in [2.45, 2.75) is 19.9 Å². The van der Waals surface area contributed by atoms with Gasteiger partial charge < -0.3 is 4.74 Å². The summed E-state index contributed by atoms with van der Waals surface area (Å²) < 4.78 is 6.99. The van der Waals surface area contributed by atoms with Gasteiger partial charge >= 0.3 is 5.97 Å². The molecule has 2 rings (SSSR count). The van der Waals surface area contributed by atoms with Crippen LogP contribution in [0.25, 0.3) is 0 Å². The molecule has 2 aromatic rings. The van der Waals surface area contributed by atoms with Gasteiger partial charge in [-0.1, -0.05) is 35.5 Å². The Morgan fingerprint density at radius 1 is 1.42 bits per heavy atom. The van der Waals surface area contributed by atoms with Crippen LogP contribution >= 0.6 is 15.9 Å². The van der Waals surface area contributed by atoms with Crippen LogP contribution in [0.5, 0.6) is 0 Å². The molecule has 0 fully saturated rings. The van der Waals surface area contributed by atoms with E-state index in [9.17, 15) is 4.79 Å². The molecular weight excluding hydrogens is 310 g/mol. The molecule has 0 bridgehead atoms. The maximum absolute atomic E-state index is 11.9. The van der Waals surface area contributed by atoms with E-state index >= 15 is 0 Å². The summed E-state index contributed by atoms with van der Waals surface area (Å²) in [5, 5.41) is 7.91. The van der Waals surface area contributed by atoms with E-state index in [0.717, 1.165) is 5.56 Å². The number of benzene rings is 1. The number of hydrogen-bond acceptors (Lipinski definition) is 4. The van der Waals surface area contributed by atoms with Crippen LogP contribution in [0.1, 0.15) is 35.9 Å². The highest BCUT2D eigenvalue weighted by molar-refractivity contribution is 9.10. The molecule has 0 aliphatic rings. The fourth-order valence-corrected chi connectivity index (χ4v) is 2.21. The average Bonchev–Trinajstić information content (AvgIpc) is 2.81. The van der Waals surface area contributed by atoms with E-state index in [4.69, 9.17) is 4.74 Å². The lowest BCUT2D eigenvalue weighted by molar-refractivity contribution is 0.0509. The number of carbonyl (C=O) groups excluding carboxylic acids is 1. The molecule has 0 unspecified atom stereocenters. The summed E-state index contributed by atoms with van der Waals surface area (Å²) in [5.41, 5.74) is 1.38. The number of rotatable bonds is 4. The zero-order chi connectivity index (χ0) is 13.8. The second-order valence-electron chi connectivity index (χ2n) is 3.98. The Balaban J connectivity index is 2.38. The monoisotopic (exact) mass is 323 g/mol. The molecule has 19 heavy (non-hydrogen) atoms. The van der Waals surface area contributed by atoms with Gasteiger partial charge in [-0.3, -0.25) is 0 Å². The van der Waals surface area contributed by atoms with Crippen molar-refractivity contribution in [2.24, 2.45) is 0 Å². The number of halogens is 1. The van der Waals surface area contributed by atoms with Crippen LogP contribution in [0, 0.1) is 0 Å². The molecule has 0 spiro atoms. The highest BCUT2D eigenvalue weighted by Gasteiger charge is 2.23. The first-order valence-electron chi connectivity index (χ1n) is 5.98. The highest BCUT2D eigenvalue weighted by atomic mass is 79.9. The topological polar surface area (TPSA) is 57.0 Å². The molecule has 100 valence electrons. The molecule has 0 N–H and O–H groups in total. The molecule has 6 heteroatoms. The Bertz CT molecular complexity index is 569. The average molecular weight is 324 g/mol. The van der Waals surface area contributed by atoms with Gasteiger partial charge in [-0.15, -0.1) is 5.10 Å². The molecular formula is C13H14BrN3O2. The third kappa shape index (κ3) is 2.84. The zero-order valence-corrected chi connectivity index (χ0v) is 12.3. The van der Waals surface area contributed by atoms with Gasteiger partial charge in [0.2, 0.25) is 0 Å². The third-order valence-corrected chi connectivity index (χ3v) is 3.31. The van der Waals surface area contributed by atoms with Crippen molar-refractivity contribution in [1.29, 1.82) is 0 Å². The maximum Gasteiger partial charge on any atom is 0.359 e. The van der Waals surface area contributed by atoms with Gasteiger partial charge in [0, 0.05) is 0 Å². The minimum atomic E-state index is -0.429. The molecule has 0 aliphatic heterocycles. The summed E-state index contributed by atoms with van der Waals surface area (Å²) in [7, 11) is 0. The molecule has 0 amide bonds. The van der Waals surface area contributed by atoms with Crippen LogP contribution in [0.15, 0.2) is 34.9 Å². The van der Waals surface area contributed by atoms with Crippen molar-refractivity contribution in [3.8, 4) is 0 Å². The third-order valence-electron chi connectivity index (χ3n) is 2.77. The van der Waals surface area contributed by atoms with E-state index in [1.165, 1.54) is 0 Å². The SMILES string of the molecule is CCOC(=O)c1c(Br)nnn1[C@H](C)c1ccccc1. The van der Waals surface area contributed by atoms with Crippen molar-refractivity contribution in [1.82, 2.24) is 15.0 Å². The van der Waals surface area contributed by atoms with Crippen LogP contribution in [0.2, 0.25) is 0 Å². The van der Waals surface area contributed by atoms with Crippen molar-refractivity contribution >= 4 is 21.9 Å². The van der Waals surface area contributed by atoms with Gasteiger partial charge in [0.15, 0.2) is 10.3 Å². The minimum absolute atomic E-state index is 0.0978. The normalized spacial score (nSPS) is 12.2. The van der Waals surface area contributed by atoms with Gasteiger partial charge in [-0.2, -0.15) is 0 Å². The van der Waals surface area contributed by atoms with Crippen molar-refractivity contribution in [3.63, 3.8) is 0 Å². The summed E-state index contributed by atoms with van der Waals surface area (Å²) in [6.45, 7) is 4.04. The number of nitrogens with zero attached hydrogens (tertiary/aromatic N) is 3. The minimum Gasteiger partial charge on any atom is -0.461 e. The van der Waals surface area contributed by atoms with E-state index in [0.29, 0.717) is 16.9 Å². The first kappa shape index (κ1) is 13.7. The lowest BCUT2D eigenvalue weighted by Crippen LogP contribution is -2.17. The first-order chi connectivity index (χ1) is 9.15. The Morgan fingerprint density at radius 3 is 2.74 bits per heavy atom. The van der Waals surface area contributed by atoms with Crippen molar-refractivity contribution < 1.29 is 9.53 Å². The fourth-order valence-electron chi connectivity index (χ4n) is 1.80. The molecule has 0 aliphatic carbocycles. The molecule has 0 saturated heterocycles. The van der Waals surface area contributed by atoms with Crippen molar-refractivity contribution in [2.75, 3.05) is 6.61 Å². The lowest BCUT2D eigenvalue weighted by Gasteiger charge is -2.14. The Morgan fingerprint density at radius 2 is 2.11 bits per heavy atom. The molecule has 1 atom stereocenters. The molecule has 5 nitrogen and oxygen atoms in total. The summed E-state index contributed by atoms with van der Waals surface area (Å²) in [4.78, 5) is 11.9. The Labute approximate surface area is 119 Å². The van der Waals surface area contributed by atoms with Crippen LogP contribution in [0.3, 0.4) is 0 Å². The van der Waals surface area contributed by atoms with E-state index < -0.39 is 5.97 Å². The lowest BCUT2D eigenvalue weighted by atomic mass is 10.1. The van der Waals surface area contributed by atoms with E-state index in [-0.39, 0.29) is 6.04 Å². The van der Waals surface area contributed by atoms with Crippen LogP contribution in [0.4, 0.5) is 0 Å². The van der Waals surface area contributed by atoms with E-state index in [1.807, 2.05) is 37.3 Å². The van der Waals surface area contributed by atoms with Gasteiger partial charge in [0.25, 0.3) is 0 Å². The smallest absolute Gasteiger partial charge is 0.359 e. The summed E-state index contributed by atoms with van der Waals surface area (Å²) in [6.07, 6.45) is 0. The van der Waals surface area contributed by atoms with Crippen molar-refractivity contribution in [3.05, 3.63) is 46.2 Å². The van der Waals surface area contributed by atoms with E-state index in [2.05, 4.69) is 26.2 Å². The predicted molar refractivity (Wildman–Crippen MR) is 73.9 cm³/mol. The van der Waals surface area contributed by atoms with Crippen LogP contribution < -0.4 is 0 Å². The number of aromatic nitrogens is 3. The Kier molecular flexibility index (Phi) is 4.31. The second-order valence-corrected chi connectivity index (χ2v) is 4.73. The highest BCUT2D eigenvalue weighted by Crippen LogP contribution is 2.22. The summed E-state index contributed by atoms with van der Waals surface area (Å²) in [5.74, 6) is -0.429. The van der Waals surface area contributed by atoms with Gasteiger partial charge in [0.1, 0.15) is 0 Å². The standard InChI is InChI=1S/C13H14BrN3O2/c1-3-19-13(18)11-12(14)15-16-17(11)9(2)10-7-5-4-6-8-10/h4-9H,3H2,1-2H3/t9-/m1/s1. The van der Waals surface area contributed by atoms with Gasteiger partial charge in [0.05, 0.1) is 12.6 Å².